The number of hydrogen-bond acceptors (Lipinski definition) is 3. The summed E-state index contributed by atoms with van der Waals surface area (Å²) in [6.45, 7) is 0. The molecule has 0 fully saturated rings. The first-order chi connectivity index (χ1) is 16.7. The molecule has 0 spiro atoms. The third kappa shape index (κ3) is 4.58. The van der Waals surface area contributed by atoms with E-state index in [-0.39, 0.29) is 11.7 Å². The van der Waals surface area contributed by atoms with Gasteiger partial charge in [0.05, 0.1) is 11.4 Å². The highest BCUT2D eigenvalue weighted by molar-refractivity contribution is 7.14. The van der Waals surface area contributed by atoms with E-state index in [0.29, 0.717) is 15.4 Å². The Bertz CT molecular complexity index is 1480. The molecule has 34 heavy (non-hydrogen) atoms. The van der Waals surface area contributed by atoms with Crippen LogP contribution >= 0.6 is 11.3 Å². The predicted molar refractivity (Wildman–Crippen MR) is 135 cm³/mol. The molecule has 0 aliphatic carbocycles. The molecule has 0 aliphatic heterocycles. The fourth-order valence-electron chi connectivity index (χ4n) is 3.60. The number of para-hydroxylation sites is 2. The van der Waals surface area contributed by atoms with Gasteiger partial charge in [0, 0.05) is 16.8 Å². The van der Waals surface area contributed by atoms with Crippen LogP contribution < -0.4 is 10.1 Å². The number of amides is 1. The quantitative estimate of drug-likeness (QED) is 0.304. The van der Waals surface area contributed by atoms with Crippen LogP contribution in [-0.2, 0) is 0 Å². The molecule has 0 atom stereocenters. The van der Waals surface area contributed by atoms with Gasteiger partial charge in [-0.3, -0.25) is 9.36 Å². The van der Waals surface area contributed by atoms with Crippen LogP contribution in [0.15, 0.2) is 120 Å². The number of nitrogens with zero attached hydrogens (tertiary/aromatic N) is 2. The summed E-state index contributed by atoms with van der Waals surface area (Å²) in [4.78, 5) is 18.6. The first-order valence-corrected chi connectivity index (χ1v) is 11.5. The van der Waals surface area contributed by atoms with E-state index in [1.165, 1.54) is 23.5 Å². The van der Waals surface area contributed by atoms with Crippen LogP contribution in [0.25, 0.3) is 16.9 Å². The lowest BCUT2D eigenvalue weighted by Crippen LogP contribution is -2.14. The smallest absolute Gasteiger partial charge is 0.256 e. The molecular formula is C28H20FN3OS. The molecule has 1 aromatic heterocycles. The molecule has 6 heteroatoms. The molecule has 5 rings (SSSR count). The van der Waals surface area contributed by atoms with Crippen LogP contribution in [0.2, 0.25) is 0 Å². The average molecular weight is 466 g/mol. The summed E-state index contributed by atoms with van der Waals surface area (Å²) in [5.74, 6) is -0.550. The Morgan fingerprint density at radius 1 is 0.765 bits per heavy atom. The number of benzene rings is 4. The van der Waals surface area contributed by atoms with Crippen molar-refractivity contribution in [2.75, 3.05) is 5.32 Å². The Hall–Kier alpha value is -4.29. The van der Waals surface area contributed by atoms with Gasteiger partial charge in [-0.05, 0) is 60.7 Å². The number of aromatic nitrogens is 1. The Morgan fingerprint density at radius 2 is 1.35 bits per heavy atom. The second kappa shape index (κ2) is 9.68. The summed E-state index contributed by atoms with van der Waals surface area (Å²) in [5.41, 5.74) is 3.72. The maximum absolute atomic E-state index is 13.8. The summed E-state index contributed by atoms with van der Waals surface area (Å²) in [6.07, 6.45) is 0. The fraction of sp³-hybridized carbons (Fsp3) is 0. The van der Waals surface area contributed by atoms with Crippen LogP contribution in [0, 0.1) is 5.82 Å². The molecule has 0 unspecified atom stereocenters. The second-order valence-corrected chi connectivity index (χ2v) is 8.49. The zero-order valence-electron chi connectivity index (χ0n) is 18.1. The van der Waals surface area contributed by atoms with Crippen LogP contribution in [0.4, 0.5) is 15.1 Å². The number of carbonyl (C=O) groups is 1. The molecule has 0 saturated heterocycles. The number of halogens is 1. The van der Waals surface area contributed by atoms with Crippen molar-refractivity contribution in [2.45, 2.75) is 0 Å². The minimum atomic E-state index is -0.325. The van der Waals surface area contributed by atoms with E-state index in [0.717, 1.165) is 22.6 Å². The van der Waals surface area contributed by atoms with E-state index in [1.807, 2.05) is 83.4 Å². The summed E-state index contributed by atoms with van der Waals surface area (Å²) in [6, 6.07) is 34.7. The molecule has 0 aliphatic rings. The minimum Gasteiger partial charge on any atom is -0.312 e. The largest absolute Gasteiger partial charge is 0.312 e. The number of hydrogen-bond donors (Lipinski definition) is 1. The van der Waals surface area contributed by atoms with Crippen molar-refractivity contribution in [3.8, 4) is 16.9 Å². The standard InChI is InChI=1S/C28H20FN3OS/c29-22-18-16-20(17-19-22)25-27(31-26(33)21-10-4-1-5-11-21)34-28(30-23-12-6-2-7-13-23)32(25)24-14-8-3-9-15-24/h1-19H,(H,31,33). The maximum Gasteiger partial charge on any atom is 0.256 e. The van der Waals surface area contributed by atoms with Gasteiger partial charge in [0.1, 0.15) is 10.8 Å². The van der Waals surface area contributed by atoms with Gasteiger partial charge in [0.15, 0.2) is 4.80 Å². The number of anilines is 1. The second-order valence-electron chi connectivity index (χ2n) is 7.51. The molecule has 0 radical (unpaired) electrons. The van der Waals surface area contributed by atoms with E-state index in [9.17, 15) is 9.18 Å². The molecule has 1 heterocycles. The van der Waals surface area contributed by atoms with Crippen LogP contribution in [0.1, 0.15) is 10.4 Å². The number of carbonyl (C=O) groups excluding carboxylic acids is 1. The Balaban J connectivity index is 1.75. The first kappa shape index (κ1) is 21.6. The van der Waals surface area contributed by atoms with Gasteiger partial charge in [0.25, 0.3) is 5.91 Å². The van der Waals surface area contributed by atoms with Gasteiger partial charge >= 0.3 is 0 Å². The highest BCUT2D eigenvalue weighted by Crippen LogP contribution is 2.34. The topological polar surface area (TPSA) is 46.4 Å². The minimum absolute atomic E-state index is 0.225. The molecule has 4 aromatic carbocycles. The summed E-state index contributed by atoms with van der Waals surface area (Å²) in [7, 11) is 0. The number of nitrogens with one attached hydrogen (secondary N) is 1. The number of rotatable bonds is 5. The van der Waals surface area contributed by atoms with Crippen molar-refractivity contribution >= 4 is 27.9 Å². The summed E-state index contributed by atoms with van der Waals surface area (Å²) < 4.78 is 15.7. The van der Waals surface area contributed by atoms with E-state index < -0.39 is 0 Å². The zero-order valence-corrected chi connectivity index (χ0v) is 18.9. The maximum atomic E-state index is 13.8. The van der Waals surface area contributed by atoms with Crippen molar-refractivity contribution in [3.63, 3.8) is 0 Å². The van der Waals surface area contributed by atoms with Gasteiger partial charge < -0.3 is 5.32 Å². The molecule has 5 aromatic rings. The van der Waals surface area contributed by atoms with E-state index >= 15 is 0 Å². The van der Waals surface area contributed by atoms with E-state index in [2.05, 4.69) is 5.32 Å². The average Bonchev–Trinajstić information content (AvgIpc) is 3.23. The first-order valence-electron chi connectivity index (χ1n) is 10.7. The van der Waals surface area contributed by atoms with Crippen LogP contribution in [0.5, 0.6) is 0 Å². The third-order valence-electron chi connectivity index (χ3n) is 5.20. The van der Waals surface area contributed by atoms with Gasteiger partial charge in [-0.1, -0.05) is 65.9 Å². The highest BCUT2D eigenvalue weighted by Gasteiger charge is 2.20. The third-order valence-corrected chi connectivity index (χ3v) is 6.16. The lowest BCUT2D eigenvalue weighted by atomic mass is 10.1. The molecule has 0 saturated carbocycles. The van der Waals surface area contributed by atoms with Crippen molar-refractivity contribution in [1.82, 2.24) is 4.57 Å². The van der Waals surface area contributed by atoms with Crippen LogP contribution in [0.3, 0.4) is 0 Å². The van der Waals surface area contributed by atoms with Gasteiger partial charge in [-0.25, -0.2) is 9.38 Å². The molecule has 1 N–H and O–H groups in total. The van der Waals surface area contributed by atoms with E-state index in [1.54, 1.807) is 24.3 Å². The molecule has 0 bridgehead atoms. The lowest BCUT2D eigenvalue weighted by Gasteiger charge is -2.12. The normalized spacial score (nSPS) is 11.4. The molecule has 1 amide bonds. The SMILES string of the molecule is O=C(Nc1sc(=Nc2ccccc2)n(-c2ccccc2)c1-c1ccc(F)cc1)c1ccccc1. The lowest BCUT2D eigenvalue weighted by molar-refractivity contribution is 0.102. The zero-order chi connectivity index (χ0) is 23.3. The molecule has 166 valence electrons. The van der Waals surface area contributed by atoms with Gasteiger partial charge in [-0.15, -0.1) is 0 Å². The van der Waals surface area contributed by atoms with Crippen LogP contribution in [-0.4, -0.2) is 10.5 Å². The van der Waals surface area contributed by atoms with Crippen molar-refractivity contribution in [1.29, 1.82) is 0 Å². The van der Waals surface area contributed by atoms with Crippen molar-refractivity contribution in [2.24, 2.45) is 4.99 Å². The Labute approximate surface area is 200 Å². The van der Waals surface area contributed by atoms with Crippen molar-refractivity contribution < 1.29 is 9.18 Å². The highest BCUT2D eigenvalue weighted by atomic mass is 32.1. The Morgan fingerprint density at radius 3 is 2.00 bits per heavy atom. The van der Waals surface area contributed by atoms with Crippen molar-refractivity contribution in [3.05, 3.63) is 131 Å². The molecule has 4 nitrogen and oxygen atoms in total. The monoisotopic (exact) mass is 465 g/mol. The fourth-order valence-corrected chi connectivity index (χ4v) is 4.67. The Kier molecular flexibility index (Phi) is 6.14. The summed E-state index contributed by atoms with van der Waals surface area (Å²) in [5, 5.41) is 3.69. The number of thiazole rings is 1. The predicted octanol–water partition coefficient (Wildman–Crippen LogP) is 6.83. The summed E-state index contributed by atoms with van der Waals surface area (Å²) >= 11 is 1.37. The van der Waals surface area contributed by atoms with Gasteiger partial charge in [0.2, 0.25) is 0 Å². The van der Waals surface area contributed by atoms with Gasteiger partial charge in [-0.2, -0.15) is 0 Å². The van der Waals surface area contributed by atoms with E-state index in [4.69, 9.17) is 4.99 Å². The molecular weight excluding hydrogens is 445 g/mol.